The van der Waals surface area contributed by atoms with Gasteiger partial charge < -0.3 is 15.5 Å². The zero-order valence-corrected chi connectivity index (χ0v) is 8.97. The van der Waals surface area contributed by atoms with E-state index in [1.54, 1.807) is 6.92 Å². The molecule has 0 spiro atoms. The van der Waals surface area contributed by atoms with Crippen molar-refractivity contribution in [2.24, 2.45) is 5.92 Å². The monoisotopic (exact) mass is 197 g/mol. The van der Waals surface area contributed by atoms with Crippen LogP contribution in [0.25, 0.3) is 0 Å². The van der Waals surface area contributed by atoms with E-state index in [1.165, 1.54) is 6.42 Å². The van der Waals surface area contributed by atoms with Crippen molar-refractivity contribution in [2.45, 2.75) is 18.9 Å². The second-order valence-electron chi connectivity index (χ2n) is 4.70. The smallest absolute Gasteiger partial charge is 0.217 e. The fourth-order valence-electron chi connectivity index (χ4n) is 2.92. The lowest BCUT2D eigenvalue weighted by Gasteiger charge is -2.39. The van der Waals surface area contributed by atoms with Gasteiger partial charge in [0.15, 0.2) is 0 Å². The number of piperidine rings is 1. The molecular formula is C10H19N3O. The molecule has 2 aliphatic heterocycles. The minimum atomic E-state index is -0.00116. The van der Waals surface area contributed by atoms with Crippen molar-refractivity contribution < 1.29 is 4.79 Å². The van der Waals surface area contributed by atoms with Gasteiger partial charge in [-0.3, -0.25) is 4.79 Å². The summed E-state index contributed by atoms with van der Waals surface area (Å²) in [6.07, 6.45) is 1.17. The van der Waals surface area contributed by atoms with Crippen molar-refractivity contribution >= 4 is 5.91 Å². The minimum Gasteiger partial charge on any atom is -0.348 e. The van der Waals surface area contributed by atoms with Crippen molar-refractivity contribution in [1.82, 2.24) is 15.5 Å². The number of hydrogen-bond acceptors (Lipinski definition) is 3. The predicted octanol–water partition coefficient (Wildman–Crippen LogP) is -0.584. The molecule has 2 rings (SSSR count). The van der Waals surface area contributed by atoms with Gasteiger partial charge in [-0.25, -0.2) is 0 Å². The number of nitrogens with zero attached hydrogens (tertiary/aromatic N) is 1. The minimum absolute atomic E-state index is 0.00116. The van der Waals surface area contributed by atoms with Gasteiger partial charge in [0.2, 0.25) is 5.91 Å². The van der Waals surface area contributed by atoms with Gasteiger partial charge in [0, 0.05) is 26.6 Å². The van der Waals surface area contributed by atoms with E-state index in [1.807, 2.05) is 0 Å². The molecule has 4 nitrogen and oxygen atoms in total. The summed E-state index contributed by atoms with van der Waals surface area (Å²) in [7, 11) is 2.13. The summed E-state index contributed by atoms with van der Waals surface area (Å²) < 4.78 is 0. The molecule has 14 heavy (non-hydrogen) atoms. The Kier molecular flexibility index (Phi) is 2.49. The van der Waals surface area contributed by atoms with E-state index >= 15 is 0 Å². The number of amides is 1. The summed E-state index contributed by atoms with van der Waals surface area (Å²) >= 11 is 0. The molecule has 2 saturated heterocycles. The average molecular weight is 197 g/mol. The van der Waals surface area contributed by atoms with Crippen LogP contribution in [0.2, 0.25) is 0 Å². The molecule has 4 heteroatoms. The van der Waals surface area contributed by atoms with E-state index in [2.05, 4.69) is 22.6 Å². The van der Waals surface area contributed by atoms with E-state index in [-0.39, 0.29) is 11.4 Å². The van der Waals surface area contributed by atoms with Crippen molar-refractivity contribution in [2.75, 3.05) is 33.2 Å². The summed E-state index contributed by atoms with van der Waals surface area (Å²) in [6.45, 7) is 5.70. The van der Waals surface area contributed by atoms with E-state index in [9.17, 15) is 4.79 Å². The number of likely N-dealkylation sites (N-methyl/N-ethyl adjacent to an activating group) is 1. The zero-order valence-electron chi connectivity index (χ0n) is 8.97. The topological polar surface area (TPSA) is 44.4 Å². The first-order chi connectivity index (χ1) is 6.62. The normalized spacial score (nSPS) is 38.0. The maximum absolute atomic E-state index is 11.2. The van der Waals surface area contributed by atoms with Gasteiger partial charge in [-0.05, 0) is 25.9 Å². The molecule has 0 aromatic heterocycles. The summed E-state index contributed by atoms with van der Waals surface area (Å²) in [4.78, 5) is 13.5. The van der Waals surface area contributed by atoms with E-state index < -0.39 is 0 Å². The van der Waals surface area contributed by atoms with Crippen LogP contribution in [0.4, 0.5) is 0 Å². The first-order valence-electron chi connectivity index (χ1n) is 5.30. The van der Waals surface area contributed by atoms with Crippen LogP contribution >= 0.6 is 0 Å². The highest BCUT2D eigenvalue weighted by molar-refractivity contribution is 5.74. The Morgan fingerprint density at radius 3 is 3.14 bits per heavy atom. The first-order valence-corrected chi connectivity index (χ1v) is 5.30. The Morgan fingerprint density at radius 2 is 2.43 bits per heavy atom. The van der Waals surface area contributed by atoms with Crippen molar-refractivity contribution in [3.8, 4) is 0 Å². The molecule has 2 N–H and O–H groups in total. The number of likely N-dealkylation sites (tertiary alicyclic amines) is 1. The highest BCUT2D eigenvalue weighted by Gasteiger charge is 2.47. The number of fused-ring (bicyclic) bond motifs is 1. The van der Waals surface area contributed by atoms with Gasteiger partial charge in [0.05, 0.1) is 5.54 Å². The third kappa shape index (κ3) is 1.64. The summed E-state index contributed by atoms with van der Waals surface area (Å²) in [5.74, 6) is 0.714. The fraction of sp³-hybridized carbons (Fsp3) is 0.900. The molecule has 1 amide bonds. The number of carbonyl (C=O) groups excluding carboxylic acids is 1. The van der Waals surface area contributed by atoms with Gasteiger partial charge in [-0.2, -0.15) is 0 Å². The van der Waals surface area contributed by atoms with Crippen LogP contribution in [-0.2, 0) is 4.79 Å². The van der Waals surface area contributed by atoms with Gasteiger partial charge in [0.1, 0.15) is 0 Å². The Labute approximate surface area is 85.0 Å². The molecule has 0 aromatic carbocycles. The molecular weight excluding hydrogens is 178 g/mol. The third-order valence-electron chi connectivity index (χ3n) is 3.40. The van der Waals surface area contributed by atoms with Crippen LogP contribution in [0.15, 0.2) is 0 Å². The van der Waals surface area contributed by atoms with Crippen LogP contribution < -0.4 is 10.6 Å². The number of rotatable bonds is 1. The Balaban J connectivity index is 2.14. The maximum atomic E-state index is 11.2. The lowest BCUT2D eigenvalue weighted by molar-refractivity contribution is -0.121. The molecule has 0 saturated carbocycles. The zero-order chi connectivity index (χ0) is 10.2. The Hall–Kier alpha value is -0.610. The lowest BCUT2D eigenvalue weighted by atomic mass is 9.82. The molecule has 0 bridgehead atoms. The highest BCUT2D eigenvalue weighted by atomic mass is 16.1. The number of nitrogens with one attached hydrogen (secondary N) is 2. The Morgan fingerprint density at radius 1 is 1.64 bits per heavy atom. The second kappa shape index (κ2) is 3.51. The second-order valence-corrected chi connectivity index (χ2v) is 4.70. The summed E-state index contributed by atoms with van der Waals surface area (Å²) in [5, 5.41) is 6.53. The Bertz CT molecular complexity index is 244. The molecule has 0 unspecified atom stereocenters. The van der Waals surface area contributed by atoms with E-state index in [0.717, 1.165) is 26.2 Å². The van der Waals surface area contributed by atoms with Crippen LogP contribution in [0.5, 0.6) is 0 Å². The van der Waals surface area contributed by atoms with E-state index in [4.69, 9.17) is 0 Å². The molecule has 2 aliphatic rings. The first kappa shape index (κ1) is 9.93. The quantitative estimate of drug-likeness (QED) is 0.591. The lowest BCUT2D eigenvalue weighted by Crippen LogP contribution is -2.62. The van der Waals surface area contributed by atoms with Crippen LogP contribution in [0.3, 0.4) is 0 Å². The highest BCUT2D eigenvalue weighted by Crippen LogP contribution is 2.31. The van der Waals surface area contributed by atoms with Gasteiger partial charge in [0.25, 0.3) is 0 Å². The predicted molar refractivity (Wildman–Crippen MR) is 55.0 cm³/mol. The fourth-order valence-corrected chi connectivity index (χ4v) is 2.92. The average Bonchev–Trinajstić information content (AvgIpc) is 2.38. The standard InChI is InChI=1S/C10H19N3O/c1-8(14)12-10-6-11-4-3-9(10)5-13(2)7-10/h9,11H,3-7H2,1-2H3,(H,12,14)/t9-,10+/m1/s1. The van der Waals surface area contributed by atoms with Crippen molar-refractivity contribution in [3.63, 3.8) is 0 Å². The summed E-state index contributed by atoms with van der Waals surface area (Å²) in [5.41, 5.74) is -0.00116. The maximum Gasteiger partial charge on any atom is 0.217 e. The number of carbonyl (C=O) groups is 1. The third-order valence-corrected chi connectivity index (χ3v) is 3.40. The molecule has 0 radical (unpaired) electrons. The molecule has 2 heterocycles. The van der Waals surface area contributed by atoms with Gasteiger partial charge in [-0.15, -0.1) is 0 Å². The van der Waals surface area contributed by atoms with Gasteiger partial charge in [-0.1, -0.05) is 0 Å². The molecule has 0 aliphatic carbocycles. The molecule has 2 fully saturated rings. The van der Waals surface area contributed by atoms with Gasteiger partial charge >= 0.3 is 0 Å². The van der Waals surface area contributed by atoms with E-state index in [0.29, 0.717) is 5.92 Å². The molecule has 2 atom stereocenters. The molecule has 0 aromatic rings. The molecule has 80 valence electrons. The number of hydrogen-bond donors (Lipinski definition) is 2. The SMILES string of the molecule is CC(=O)N[C@]12CNCC[C@@H]1CN(C)C2. The van der Waals surface area contributed by atoms with Crippen LogP contribution in [-0.4, -0.2) is 49.6 Å². The van der Waals surface area contributed by atoms with Crippen molar-refractivity contribution in [1.29, 1.82) is 0 Å². The largest absolute Gasteiger partial charge is 0.348 e. The van der Waals surface area contributed by atoms with Crippen LogP contribution in [0, 0.1) is 5.92 Å². The summed E-state index contributed by atoms with van der Waals surface area (Å²) in [6, 6.07) is 0. The van der Waals surface area contributed by atoms with Crippen LogP contribution in [0.1, 0.15) is 13.3 Å². The van der Waals surface area contributed by atoms with Crippen molar-refractivity contribution in [3.05, 3.63) is 0 Å².